The van der Waals surface area contributed by atoms with E-state index in [2.05, 4.69) is 0 Å². The molecule has 3 nitrogen and oxygen atoms in total. The van der Waals surface area contributed by atoms with Crippen LogP contribution in [0.4, 0.5) is 4.39 Å². The van der Waals surface area contributed by atoms with Crippen molar-refractivity contribution in [3.63, 3.8) is 0 Å². The van der Waals surface area contributed by atoms with Gasteiger partial charge in [-0.25, -0.2) is 4.39 Å². The smallest absolute Gasteiger partial charge is 0.226 e. The van der Waals surface area contributed by atoms with Gasteiger partial charge in [-0.15, -0.1) is 12.4 Å². The maximum atomic E-state index is 13.1. The lowest BCUT2D eigenvalue weighted by Crippen LogP contribution is -2.33. The molecule has 1 aromatic rings. The van der Waals surface area contributed by atoms with Crippen molar-refractivity contribution in [1.29, 1.82) is 0 Å². The number of carbonyl (C=O) groups excluding carboxylic acids is 1. The topological polar surface area (TPSA) is 46.3 Å². The standard InChI is InChI=1S/C14H17FN2O.ClH/c15-10-3-1-2-9(6-10)12-7-13(12)14(18)17-5-4-11(16)8-17;/h1-3,6,11-13H,4-5,7-8,16H2;1H. The van der Waals surface area contributed by atoms with Crippen LogP contribution in [-0.2, 0) is 4.79 Å². The van der Waals surface area contributed by atoms with Crippen LogP contribution in [-0.4, -0.2) is 29.9 Å². The second kappa shape index (κ2) is 5.47. The number of nitrogens with two attached hydrogens (primary N) is 1. The van der Waals surface area contributed by atoms with Crippen molar-refractivity contribution >= 4 is 18.3 Å². The van der Waals surface area contributed by atoms with Crippen LogP contribution in [0, 0.1) is 11.7 Å². The molecule has 1 heterocycles. The third-order valence-corrected chi connectivity index (χ3v) is 3.92. The third kappa shape index (κ3) is 2.90. The largest absolute Gasteiger partial charge is 0.341 e. The van der Waals surface area contributed by atoms with Crippen LogP contribution in [0.15, 0.2) is 24.3 Å². The predicted octanol–water partition coefficient (Wildman–Crippen LogP) is 1.91. The highest BCUT2D eigenvalue weighted by atomic mass is 35.5. The lowest BCUT2D eigenvalue weighted by molar-refractivity contribution is -0.131. The van der Waals surface area contributed by atoms with E-state index in [0.29, 0.717) is 6.54 Å². The van der Waals surface area contributed by atoms with Gasteiger partial charge in [-0.2, -0.15) is 0 Å². The summed E-state index contributed by atoms with van der Waals surface area (Å²) in [5.41, 5.74) is 6.75. The number of likely N-dealkylation sites (tertiary alicyclic amines) is 1. The Labute approximate surface area is 118 Å². The number of rotatable bonds is 2. The molecule has 1 aromatic carbocycles. The molecule has 104 valence electrons. The zero-order valence-corrected chi connectivity index (χ0v) is 11.4. The van der Waals surface area contributed by atoms with E-state index in [1.54, 1.807) is 6.07 Å². The first-order chi connectivity index (χ1) is 8.65. The van der Waals surface area contributed by atoms with Gasteiger partial charge in [-0.1, -0.05) is 12.1 Å². The summed E-state index contributed by atoms with van der Waals surface area (Å²) >= 11 is 0. The van der Waals surface area contributed by atoms with Crippen LogP contribution in [0.1, 0.15) is 24.3 Å². The minimum Gasteiger partial charge on any atom is -0.341 e. The Kier molecular flexibility index (Phi) is 4.11. The molecule has 19 heavy (non-hydrogen) atoms. The Bertz CT molecular complexity index is 482. The monoisotopic (exact) mass is 284 g/mol. The highest BCUT2D eigenvalue weighted by Crippen LogP contribution is 2.48. The molecule has 5 heteroatoms. The van der Waals surface area contributed by atoms with Crippen molar-refractivity contribution in [2.75, 3.05) is 13.1 Å². The van der Waals surface area contributed by atoms with Crippen LogP contribution in [0.25, 0.3) is 0 Å². The molecule has 3 unspecified atom stereocenters. The quantitative estimate of drug-likeness (QED) is 0.902. The molecule has 0 aromatic heterocycles. The number of carbonyl (C=O) groups is 1. The van der Waals surface area contributed by atoms with E-state index in [1.807, 2.05) is 11.0 Å². The summed E-state index contributed by atoms with van der Waals surface area (Å²) in [7, 11) is 0. The van der Waals surface area contributed by atoms with E-state index in [-0.39, 0.29) is 42.0 Å². The summed E-state index contributed by atoms with van der Waals surface area (Å²) in [5.74, 6) is 0.202. The predicted molar refractivity (Wildman–Crippen MR) is 73.7 cm³/mol. The van der Waals surface area contributed by atoms with Crippen LogP contribution in [0.5, 0.6) is 0 Å². The van der Waals surface area contributed by atoms with Crippen LogP contribution >= 0.6 is 12.4 Å². The summed E-state index contributed by atoms with van der Waals surface area (Å²) in [6.45, 7) is 1.44. The second-order valence-corrected chi connectivity index (χ2v) is 5.34. The lowest BCUT2D eigenvalue weighted by atomic mass is 10.1. The Hall–Kier alpha value is -1.13. The number of halogens is 2. The molecular weight excluding hydrogens is 267 g/mol. The van der Waals surface area contributed by atoms with Crippen molar-refractivity contribution in [2.45, 2.75) is 24.8 Å². The van der Waals surface area contributed by atoms with Crippen molar-refractivity contribution in [1.82, 2.24) is 4.90 Å². The molecule has 1 amide bonds. The SMILES string of the molecule is Cl.NC1CCN(C(=O)C2CC2c2cccc(F)c2)C1. The third-order valence-electron chi connectivity index (χ3n) is 3.92. The maximum Gasteiger partial charge on any atom is 0.226 e. The van der Waals surface area contributed by atoms with Crippen LogP contribution < -0.4 is 5.73 Å². The molecular formula is C14H18ClFN2O. The van der Waals surface area contributed by atoms with Gasteiger partial charge < -0.3 is 10.6 Å². The molecule has 3 rings (SSSR count). The van der Waals surface area contributed by atoms with Crippen molar-refractivity contribution in [3.8, 4) is 0 Å². The van der Waals surface area contributed by atoms with Gasteiger partial charge in [0.05, 0.1) is 0 Å². The first-order valence-electron chi connectivity index (χ1n) is 6.45. The van der Waals surface area contributed by atoms with E-state index in [1.165, 1.54) is 12.1 Å². The molecule has 1 aliphatic heterocycles. The molecule has 0 spiro atoms. The highest BCUT2D eigenvalue weighted by molar-refractivity contribution is 5.85. The minimum atomic E-state index is -0.228. The van der Waals surface area contributed by atoms with Gasteiger partial charge >= 0.3 is 0 Å². The highest BCUT2D eigenvalue weighted by Gasteiger charge is 2.46. The van der Waals surface area contributed by atoms with Gasteiger partial charge in [-0.05, 0) is 36.5 Å². The van der Waals surface area contributed by atoms with Crippen LogP contribution in [0.2, 0.25) is 0 Å². The first-order valence-corrected chi connectivity index (χ1v) is 6.45. The first kappa shape index (κ1) is 14.3. The molecule has 1 saturated carbocycles. The van der Waals surface area contributed by atoms with Crippen molar-refractivity contribution in [3.05, 3.63) is 35.6 Å². The Balaban J connectivity index is 0.00000133. The fourth-order valence-electron chi connectivity index (χ4n) is 2.80. The average Bonchev–Trinajstić information content (AvgIpc) is 3.04. The molecule has 1 saturated heterocycles. The molecule has 0 bridgehead atoms. The van der Waals surface area contributed by atoms with E-state index >= 15 is 0 Å². The average molecular weight is 285 g/mol. The van der Waals surface area contributed by atoms with Crippen molar-refractivity contribution in [2.24, 2.45) is 11.7 Å². The van der Waals surface area contributed by atoms with E-state index in [4.69, 9.17) is 5.73 Å². The summed E-state index contributed by atoms with van der Waals surface area (Å²) in [6.07, 6.45) is 1.73. The van der Waals surface area contributed by atoms with Gasteiger partial charge in [0.25, 0.3) is 0 Å². The Morgan fingerprint density at radius 1 is 1.42 bits per heavy atom. The van der Waals surface area contributed by atoms with Crippen molar-refractivity contribution < 1.29 is 9.18 Å². The summed E-state index contributed by atoms with van der Waals surface area (Å²) < 4.78 is 13.1. The van der Waals surface area contributed by atoms with Gasteiger partial charge in [0, 0.05) is 25.0 Å². The molecule has 2 N–H and O–H groups in total. The molecule has 0 radical (unpaired) electrons. The second-order valence-electron chi connectivity index (χ2n) is 5.34. The Morgan fingerprint density at radius 3 is 2.84 bits per heavy atom. The normalized spacial score (nSPS) is 28.9. The number of hydrogen-bond acceptors (Lipinski definition) is 2. The molecule has 1 aliphatic carbocycles. The van der Waals surface area contributed by atoms with Crippen LogP contribution in [0.3, 0.4) is 0 Å². The fraction of sp³-hybridized carbons (Fsp3) is 0.500. The maximum absolute atomic E-state index is 13.1. The number of benzene rings is 1. The minimum absolute atomic E-state index is 0. The Morgan fingerprint density at radius 2 is 2.21 bits per heavy atom. The van der Waals surface area contributed by atoms with E-state index in [0.717, 1.165) is 24.9 Å². The zero-order valence-electron chi connectivity index (χ0n) is 10.6. The van der Waals surface area contributed by atoms with E-state index < -0.39 is 0 Å². The molecule has 2 aliphatic rings. The van der Waals surface area contributed by atoms with E-state index in [9.17, 15) is 9.18 Å². The fourth-order valence-corrected chi connectivity index (χ4v) is 2.80. The molecule has 3 atom stereocenters. The molecule has 2 fully saturated rings. The number of amides is 1. The summed E-state index contributed by atoms with van der Waals surface area (Å²) in [4.78, 5) is 14.1. The van der Waals surface area contributed by atoms with Gasteiger partial charge in [0.1, 0.15) is 5.82 Å². The lowest BCUT2D eigenvalue weighted by Gasteiger charge is -2.15. The summed E-state index contributed by atoms with van der Waals surface area (Å²) in [6, 6.07) is 6.70. The zero-order chi connectivity index (χ0) is 12.7. The van der Waals surface area contributed by atoms with Gasteiger partial charge in [-0.3, -0.25) is 4.79 Å². The van der Waals surface area contributed by atoms with Gasteiger partial charge in [0.2, 0.25) is 5.91 Å². The summed E-state index contributed by atoms with van der Waals surface area (Å²) in [5, 5.41) is 0. The van der Waals surface area contributed by atoms with Gasteiger partial charge in [0.15, 0.2) is 0 Å². The number of hydrogen-bond donors (Lipinski definition) is 1. The number of nitrogens with zero attached hydrogens (tertiary/aromatic N) is 1.